The minimum atomic E-state index is -4.43. The molecule has 0 bridgehead atoms. The number of aromatic nitrogens is 1. The van der Waals surface area contributed by atoms with Gasteiger partial charge in [-0.25, -0.2) is 18.0 Å². The number of esters is 2. The number of rotatable bonds is 6. The number of hydrogen-bond acceptors (Lipinski definition) is 8. The van der Waals surface area contributed by atoms with Gasteiger partial charge in [0, 0.05) is 6.20 Å². The molecule has 10 nitrogen and oxygen atoms in total. The number of carbonyl (C=O) groups excluding carboxylic acids is 3. The van der Waals surface area contributed by atoms with Crippen LogP contribution in [0.2, 0.25) is 0 Å². The summed E-state index contributed by atoms with van der Waals surface area (Å²) in [4.78, 5) is 40.5. The Labute approximate surface area is 154 Å². The Hall–Kier alpha value is -3.31. The van der Waals surface area contributed by atoms with Crippen molar-refractivity contribution in [3.63, 3.8) is 0 Å². The first-order valence-electron chi connectivity index (χ1n) is 7.34. The first kappa shape index (κ1) is 20.0. The summed E-state index contributed by atoms with van der Waals surface area (Å²) < 4.78 is 34.2. The van der Waals surface area contributed by atoms with E-state index in [-0.39, 0.29) is 16.8 Å². The van der Waals surface area contributed by atoms with Crippen LogP contribution in [0.5, 0.6) is 0 Å². The summed E-state index contributed by atoms with van der Waals surface area (Å²) in [6, 6.07) is 7.76. The maximum Gasteiger partial charge on any atom is 0.339 e. The molecule has 0 spiro atoms. The average molecular weight is 393 g/mol. The zero-order chi connectivity index (χ0) is 20.0. The summed E-state index contributed by atoms with van der Waals surface area (Å²) in [5.74, 6) is -2.56. The smallest absolute Gasteiger partial charge is 0.339 e. The highest BCUT2D eigenvalue weighted by Gasteiger charge is 2.26. The van der Waals surface area contributed by atoms with Crippen LogP contribution < -0.4 is 10.3 Å². The van der Waals surface area contributed by atoms with Crippen molar-refractivity contribution in [1.82, 2.24) is 15.2 Å². The molecule has 1 aromatic heterocycles. The van der Waals surface area contributed by atoms with Gasteiger partial charge in [-0.1, -0.05) is 6.07 Å². The second kappa shape index (κ2) is 8.38. The number of ether oxygens (including phenoxy) is 2. The first-order chi connectivity index (χ1) is 12.8. The van der Waals surface area contributed by atoms with Crippen LogP contribution in [0, 0.1) is 0 Å². The van der Waals surface area contributed by atoms with E-state index in [2.05, 4.69) is 14.5 Å². The molecule has 1 heterocycles. The van der Waals surface area contributed by atoms with E-state index in [1.807, 2.05) is 10.3 Å². The summed E-state index contributed by atoms with van der Waals surface area (Å²) in [6.45, 7) is 0. The number of nitrogens with one attached hydrogen (secondary N) is 2. The second-order valence-electron chi connectivity index (χ2n) is 4.97. The van der Waals surface area contributed by atoms with Crippen LogP contribution >= 0.6 is 0 Å². The fourth-order valence-electron chi connectivity index (χ4n) is 2.00. The van der Waals surface area contributed by atoms with Gasteiger partial charge in [-0.05, 0) is 30.3 Å². The van der Waals surface area contributed by atoms with Crippen molar-refractivity contribution in [3.8, 4) is 0 Å². The van der Waals surface area contributed by atoms with Gasteiger partial charge in [0.1, 0.15) is 5.69 Å². The topological polar surface area (TPSA) is 141 Å². The molecule has 11 heteroatoms. The Morgan fingerprint density at radius 3 is 2.30 bits per heavy atom. The number of hydrogen-bond donors (Lipinski definition) is 2. The largest absolute Gasteiger partial charge is 0.465 e. The number of methoxy groups -OCH3 is 2. The van der Waals surface area contributed by atoms with Crippen molar-refractivity contribution in [2.75, 3.05) is 14.2 Å². The lowest BCUT2D eigenvalue weighted by atomic mass is 10.1. The van der Waals surface area contributed by atoms with Gasteiger partial charge in [0.2, 0.25) is 0 Å². The van der Waals surface area contributed by atoms with Crippen LogP contribution in [0.4, 0.5) is 0 Å². The predicted molar refractivity (Wildman–Crippen MR) is 91.1 cm³/mol. The Bertz CT molecular complexity index is 975. The molecule has 0 saturated heterocycles. The minimum absolute atomic E-state index is 0.0308. The SMILES string of the molecule is COC(=O)c1ccc(C(=O)OC)c(S(=O)(=O)NNC(=O)c2ccccn2)c1. The summed E-state index contributed by atoms with van der Waals surface area (Å²) in [6.07, 6.45) is 1.36. The van der Waals surface area contributed by atoms with Crippen LogP contribution in [0.15, 0.2) is 47.5 Å². The number of benzene rings is 1. The zero-order valence-electron chi connectivity index (χ0n) is 14.3. The van der Waals surface area contributed by atoms with Crippen molar-refractivity contribution in [2.45, 2.75) is 4.90 Å². The fraction of sp³-hybridized carbons (Fsp3) is 0.125. The molecular formula is C16H15N3O7S. The van der Waals surface area contributed by atoms with Crippen LogP contribution in [0.3, 0.4) is 0 Å². The molecule has 0 atom stereocenters. The summed E-state index contributed by atoms with van der Waals surface area (Å²) in [7, 11) is -2.24. The number of hydrazine groups is 1. The standard InChI is InChI=1S/C16H15N3O7S/c1-25-15(21)10-6-7-11(16(22)26-2)13(9-10)27(23,24)19-18-14(20)12-5-3-4-8-17-12/h3-9,19H,1-2H3,(H,18,20). The van der Waals surface area contributed by atoms with Crippen molar-refractivity contribution in [1.29, 1.82) is 0 Å². The molecule has 0 saturated carbocycles. The lowest BCUT2D eigenvalue weighted by Gasteiger charge is -2.12. The van der Waals surface area contributed by atoms with Gasteiger partial charge in [0.25, 0.3) is 15.9 Å². The Kier molecular flexibility index (Phi) is 6.21. The molecule has 0 aliphatic carbocycles. The molecule has 0 fully saturated rings. The molecule has 1 amide bonds. The monoisotopic (exact) mass is 393 g/mol. The van der Waals surface area contributed by atoms with Gasteiger partial charge < -0.3 is 9.47 Å². The number of amides is 1. The van der Waals surface area contributed by atoms with Crippen LogP contribution in [-0.4, -0.2) is 45.5 Å². The molecule has 2 N–H and O–H groups in total. The summed E-state index contributed by atoms with van der Waals surface area (Å²) >= 11 is 0. The van der Waals surface area contributed by atoms with Crippen molar-refractivity contribution in [3.05, 3.63) is 59.4 Å². The molecule has 2 rings (SSSR count). The summed E-state index contributed by atoms with van der Waals surface area (Å²) in [5, 5.41) is 0. The van der Waals surface area contributed by atoms with Gasteiger partial charge in [0.15, 0.2) is 0 Å². The van der Waals surface area contributed by atoms with Crippen LogP contribution in [0.1, 0.15) is 31.2 Å². The first-order valence-corrected chi connectivity index (χ1v) is 8.82. The number of pyridine rings is 1. The highest BCUT2D eigenvalue weighted by atomic mass is 32.2. The van der Waals surface area contributed by atoms with E-state index in [0.717, 1.165) is 26.4 Å². The predicted octanol–water partition coefficient (Wildman–Crippen LogP) is 0.278. The molecule has 2 aromatic rings. The Morgan fingerprint density at radius 2 is 1.70 bits per heavy atom. The zero-order valence-corrected chi connectivity index (χ0v) is 15.1. The third-order valence-corrected chi connectivity index (χ3v) is 4.58. The second-order valence-corrected chi connectivity index (χ2v) is 6.62. The van der Waals surface area contributed by atoms with Crippen molar-refractivity contribution in [2.24, 2.45) is 0 Å². The lowest BCUT2D eigenvalue weighted by molar-refractivity contribution is 0.0583. The average Bonchev–Trinajstić information content (AvgIpc) is 2.71. The Morgan fingerprint density at radius 1 is 1.00 bits per heavy atom. The van der Waals surface area contributed by atoms with Gasteiger partial charge in [-0.15, -0.1) is 4.83 Å². The maximum absolute atomic E-state index is 12.6. The molecule has 0 radical (unpaired) electrons. The maximum atomic E-state index is 12.6. The lowest BCUT2D eigenvalue weighted by Crippen LogP contribution is -2.42. The molecule has 0 aliphatic rings. The van der Waals surface area contributed by atoms with E-state index in [0.29, 0.717) is 0 Å². The van der Waals surface area contributed by atoms with Crippen LogP contribution in [0.25, 0.3) is 0 Å². The van der Waals surface area contributed by atoms with Crippen molar-refractivity contribution >= 4 is 27.9 Å². The van der Waals surface area contributed by atoms with E-state index in [4.69, 9.17) is 0 Å². The van der Waals surface area contributed by atoms with Gasteiger partial charge in [-0.2, -0.15) is 0 Å². The van der Waals surface area contributed by atoms with E-state index >= 15 is 0 Å². The van der Waals surface area contributed by atoms with Gasteiger partial charge >= 0.3 is 11.9 Å². The number of carbonyl (C=O) groups is 3. The third kappa shape index (κ3) is 4.65. The highest BCUT2D eigenvalue weighted by molar-refractivity contribution is 7.89. The van der Waals surface area contributed by atoms with Crippen molar-refractivity contribution < 1.29 is 32.3 Å². The number of nitrogens with zero attached hydrogens (tertiary/aromatic N) is 1. The van der Waals surface area contributed by atoms with Gasteiger partial charge in [-0.3, -0.25) is 15.2 Å². The molecule has 0 aliphatic heterocycles. The van der Waals surface area contributed by atoms with Crippen LogP contribution in [-0.2, 0) is 19.5 Å². The van der Waals surface area contributed by atoms with E-state index < -0.39 is 32.8 Å². The quantitative estimate of drug-likeness (QED) is 0.527. The minimum Gasteiger partial charge on any atom is -0.465 e. The third-order valence-electron chi connectivity index (χ3n) is 3.29. The number of sulfonamides is 1. The van der Waals surface area contributed by atoms with E-state index in [9.17, 15) is 22.8 Å². The molecule has 142 valence electrons. The molecule has 27 heavy (non-hydrogen) atoms. The molecule has 1 aromatic carbocycles. The highest BCUT2D eigenvalue weighted by Crippen LogP contribution is 2.19. The van der Waals surface area contributed by atoms with E-state index in [1.54, 1.807) is 12.1 Å². The molecular weight excluding hydrogens is 378 g/mol. The van der Waals surface area contributed by atoms with E-state index in [1.165, 1.54) is 18.3 Å². The molecule has 0 unspecified atom stereocenters. The summed E-state index contributed by atoms with van der Waals surface area (Å²) in [5.41, 5.74) is 1.51. The fourth-order valence-corrected chi connectivity index (χ4v) is 3.06. The van der Waals surface area contributed by atoms with Gasteiger partial charge in [0.05, 0.1) is 30.2 Å². The Balaban J connectivity index is 2.36. The normalized spacial score (nSPS) is 10.7.